The summed E-state index contributed by atoms with van der Waals surface area (Å²) >= 11 is 6.36. The van der Waals surface area contributed by atoms with E-state index in [1.54, 1.807) is 17.0 Å². The lowest BCUT2D eigenvalue weighted by Gasteiger charge is -2.57. The highest BCUT2D eigenvalue weighted by Crippen LogP contribution is 2.60. The van der Waals surface area contributed by atoms with Crippen molar-refractivity contribution in [3.8, 4) is 0 Å². The van der Waals surface area contributed by atoms with E-state index < -0.39 is 28.5 Å². The number of hydrogen-bond donors (Lipinski definition) is 1. The molecule has 1 unspecified atom stereocenters. The number of amides is 2. The summed E-state index contributed by atoms with van der Waals surface area (Å²) in [6.07, 6.45) is 13.1. The first-order valence-electron chi connectivity index (χ1n) is 18.0. The molecule has 4 bridgehead atoms. The maximum absolute atomic E-state index is 14.5. The van der Waals surface area contributed by atoms with Gasteiger partial charge in [-0.05, 0) is 115 Å². The molecule has 260 valence electrons. The SMILES string of the molecule is CS(=O)(=O)N(CC(=O)N(Cc1cccc(Cl)c1)C(Cc1ccccc1)C(=O)NC1CCCC1)c1ccc(C23CC4CC(CC(C4)C2)C3)cc1. The molecule has 5 saturated carbocycles. The van der Waals surface area contributed by atoms with Crippen molar-refractivity contribution in [2.45, 2.75) is 94.7 Å². The Kier molecular flexibility index (Phi) is 9.82. The van der Waals surface area contributed by atoms with Crippen LogP contribution >= 0.6 is 11.6 Å². The average molecular weight is 702 g/mol. The van der Waals surface area contributed by atoms with E-state index in [1.807, 2.05) is 54.6 Å². The van der Waals surface area contributed by atoms with Crippen molar-refractivity contribution >= 4 is 39.1 Å². The number of carbonyl (C=O) groups excluding carboxylic acids is 2. The van der Waals surface area contributed by atoms with E-state index in [-0.39, 0.29) is 23.9 Å². The van der Waals surface area contributed by atoms with Crippen molar-refractivity contribution in [2.75, 3.05) is 17.1 Å². The third-order valence-corrected chi connectivity index (χ3v) is 13.1. The molecular weight excluding hydrogens is 654 g/mol. The molecule has 0 radical (unpaired) electrons. The fourth-order valence-electron chi connectivity index (χ4n) is 9.81. The summed E-state index contributed by atoms with van der Waals surface area (Å²) in [5, 5.41) is 3.74. The molecule has 1 N–H and O–H groups in total. The van der Waals surface area contributed by atoms with Gasteiger partial charge in [0.2, 0.25) is 21.8 Å². The maximum Gasteiger partial charge on any atom is 0.244 e. The molecule has 5 fully saturated rings. The molecular formula is C40H48ClN3O4S. The van der Waals surface area contributed by atoms with E-state index >= 15 is 0 Å². The maximum atomic E-state index is 14.5. The van der Waals surface area contributed by atoms with Crippen LogP contribution in [0.2, 0.25) is 5.02 Å². The largest absolute Gasteiger partial charge is 0.352 e. The second-order valence-electron chi connectivity index (χ2n) is 15.4. The zero-order valence-corrected chi connectivity index (χ0v) is 30.0. The molecule has 49 heavy (non-hydrogen) atoms. The summed E-state index contributed by atoms with van der Waals surface area (Å²) in [5.41, 5.74) is 3.62. The number of hydrogen-bond acceptors (Lipinski definition) is 4. The van der Waals surface area contributed by atoms with E-state index in [9.17, 15) is 18.0 Å². The van der Waals surface area contributed by atoms with E-state index in [2.05, 4.69) is 17.4 Å². The lowest BCUT2D eigenvalue weighted by molar-refractivity contribution is -0.140. The first kappa shape index (κ1) is 34.1. The molecule has 7 nitrogen and oxygen atoms in total. The van der Waals surface area contributed by atoms with Crippen molar-refractivity contribution < 1.29 is 18.0 Å². The average Bonchev–Trinajstić information content (AvgIpc) is 3.58. The first-order valence-corrected chi connectivity index (χ1v) is 20.2. The molecule has 3 aromatic carbocycles. The van der Waals surface area contributed by atoms with Crippen molar-refractivity contribution in [3.05, 3.63) is 101 Å². The molecule has 1 atom stereocenters. The Morgan fingerprint density at radius 2 is 1.47 bits per heavy atom. The molecule has 9 heteroatoms. The minimum absolute atomic E-state index is 0.0638. The molecule has 8 rings (SSSR count). The Morgan fingerprint density at radius 1 is 0.857 bits per heavy atom. The van der Waals surface area contributed by atoms with Crippen LogP contribution in [-0.4, -0.2) is 50.0 Å². The second-order valence-corrected chi connectivity index (χ2v) is 17.7. The smallest absolute Gasteiger partial charge is 0.244 e. The summed E-state index contributed by atoms with van der Waals surface area (Å²) in [4.78, 5) is 30.2. The number of nitrogens with one attached hydrogen (secondary N) is 1. The first-order chi connectivity index (χ1) is 23.5. The Morgan fingerprint density at radius 3 is 2.06 bits per heavy atom. The molecule has 5 aliphatic rings. The van der Waals surface area contributed by atoms with Gasteiger partial charge in [-0.2, -0.15) is 0 Å². The Balaban J connectivity index is 1.19. The standard InChI is InChI=1S/C40H48ClN3O4S/c1-49(47,48)44(36-16-14-33(15-17-36)40-23-30-18-31(24-40)20-32(19-30)25-40)27-38(45)43(26-29-10-7-11-34(41)21-29)37(22-28-8-3-2-4-9-28)39(46)42-35-12-5-6-13-35/h2-4,7-11,14-17,21,30-32,35,37H,5-6,12-13,18-20,22-27H2,1H3,(H,42,46). The number of halogens is 1. The fraction of sp³-hybridized carbons (Fsp3) is 0.500. The summed E-state index contributed by atoms with van der Waals surface area (Å²) in [5.74, 6) is 1.73. The third kappa shape index (κ3) is 7.70. The fourth-order valence-corrected chi connectivity index (χ4v) is 10.9. The minimum Gasteiger partial charge on any atom is -0.352 e. The number of rotatable bonds is 12. The Labute approximate surface area is 296 Å². The number of carbonyl (C=O) groups is 2. The van der Waals surface area contributed by atoms with Gasteiger partial charge in [0, 0.05) is 24.0 Å². The van der Waals surface area contributed by atoms with Crippen LogP contribution in [0.3, 0.4) is 0 Å². The number of anilines is 1. The van der Waals surface area contributed by atoms with Crippen LogP contribution in [0.25, 0.3) is 0 Å². The van der Waals surface area contributed by atoms with Gasteiger partial charge in [-0.25, -0.2) is 8.42 Å². The van der Waals surface area contributed by atoms with Gasteiger partial charge in [0.25, 0.3) is 0 Å². The summed E-state index contributed by atoms with van der Waals surface area (Å²) in [7, 11) is -3.84. The van der Waals surface area contributed by atoms with Gasteiger partial charge in [-0.1, -0.05) is 79.0 Å². The minimum atomic E-state index is -3.84. The van der Waals surface area contributed by atoms with Crippen molar-refractivity contribution in [1.82, 2.24) is 10.2 Å². The summed E-state index contributed by atoms with van der Waals surface area (Å²) in [6.45, 7) is -0.310. The second kappa shape index (κ2) is 14.1. The quantitative estimate of drug-likeness (QED) is 0.215. The molecule has 0 spiro atoms. The van der Waals surface area contributed by atoms with E-state index in [1.165, 1.54) is 48.4 Å². The molecule has 0 saturated heterocycles. The van der Waals surface area contributed by atoms with Crippen LogP contribution in [0, 0.1) is 17.8 Å². The van der Waals surface area contributed by atoms with Crippen molar-refractivity contribution in [3.63, 3.8) is 0 Å². The Bertz CT molecular complexity index is 1720. The van der Waals surface area contributed by atoms with Gasteiger partial charge in [0.05, 0.1) is 11.9 Å². The number of benzene rings is 3. The predicted molar refractivity (Wildman–Crippen MR) is 195 cm³/mol. The van der Waals surface area contributed by atoms with Crippen molar-refractivity contribution in [2.24, 2.45) is 17.8 Å². The van der Waals surface area contributed by atoms with E-state index in [0.29, 0.717) is 17.1 Å². The van der Waals surface area contributed by atoms with Gasteiger partial charge < -0.3 is 10.2 Å². The topological polar surface area (TPSA) is 86.8 Å². The zero-order valence-electron chi connectivity index (χ0n) is 28.4. The highest BCUT2D eigenvalue weighted by molar-refractivity contribution is 7.92. The highest BCUT2D eigenvalue weighted by atomic mass is 35.5. The Hall–Kier alpha value is -3.36. The van der Waals surface area contributed by atoms with Crippen LogP contribution in [0.4, 0.5) is 5.69 Å². The third-order valence-electron chi connectivity index (χ3n) is 11.7. The van der Waals surface area contributed by atoms with Gasteiger partial charge in [0.1, 0.15) is 12.6 Å². The number of sulfonamides is 1. The summed E-state index contributed by atoms with van der Waals surface area (Å²) in [6, 6.07) is 24.1. The normalized spacial score (nSPS) is 25.2. The lowest BCUT2D eigenvalue weighted by Crippen LogP contribution is -2.54. The molecule has 3 aromatic rings. The van der Waals surface area contributed by atoms with E-state index in [4.69, 9.17) is 11.6 Å². The molecule has 2 amide bonds. The van der Waals surface area contributed by atoms with Crippen LogP contribution in [0.5, 0.6) is 0 Å². The summed E-state index contributed by atoms with van der Waals surface area (Å²) < 4.78 is 28.0. The van der Waals surface area contributed by atoms with Crippen LogP contribution in [0.1, 0.15) is 80.9 Å². The van der Waals surface area contributed by atoms with Gasteiger partial charge in [-0.15, -0.1) is 0 Å². The number of nitrogens with zero attached hydrogens (tertiary/aromatic N) is 2. The van der Waals surface area contributed by atoms with Crippen LogP contribution in [0.15, 0.2) is 78.9 Å². The molecule has 0 aliphatic heterocycles. The zero-order chi connectivity index (χ0) is 34.2. The van der Waals surface area contributed by atoms with Crippen molar-refractivity contribution in [1.29, 1.82) is 0 Å². The van der Waals surface area contributed by atoms with Crippen LogP contribution in [-0.2, 0) is 38.0 Å². The van der Waals surface area contributed by atoms with Gasteiger partial charge in [0.15, 0.2) is 0 Å². The molecule has 5 aliphatic carbocycles. The highest BCUT2D eigenvalue weighted by Gasteiger charge is 2.51. The van der Waals surface area contributed by atoms with Gasteiger partial charge >= 0.3 is 0 Å². The lowest BCUT2D eigenvalue weighted by atomic mass is 9.48. The molecule has 0 heterocycles. The predicted octanol–water partition coefficient (Wildman–Crippen LogP) is 7.27. The van der Waals surface area contributed by atoms with Crippen LogP contribution < -0.4 is 9.62 Å². The monoisotopic (exact) mass is 701 g/mol. The molecule has 0 aromatic heterocycles. The van der Waals surface area contributed by atoms with E-state index in [0.717, 1.165) is 60.8 Å². The van der Waals surface area contributed by atoms with Gasteiger partial charge in [-0.3, -0.25) is 13.9 Å².